The lowest BCUT2D eigenvalue weighted by molar-refractivity contribution is -0.151. The molecule has 1 aliphatic carbocycles. The van der Waals surface area contributed by atoms with Crippen LogP contribution in [0.3, 0.4) is 0 Å². The van der Waals surface area contributed by atoms with Gasteiger partial charge in [-0.25, -0.2) is 4.79 Å². The van der Waals surface area contributed by atoms with Crippen molar-refractivity contribution in [3.05, 3.63) is 66.0 Å². The maximum absolute atomic E-state index is 13.2. The second-order valence-corrected chi connectivity index (χ2v) is 12.7. The number of aromatic nitrogens is 1. The summed E-state index contributed by atoms with van der Waals surface area (Å²) in [5, 5.41) is 22.0. The van der Waals surface area contributed by atoms with E-state index in [1.54, 1.807) is 24.1 Å². The molecule has 3 aliphatic rings. The Kier molecular flexibility index (Phi) is 11.6. The molecule has 1 saturated heterocycles. The minimum atomic E-state index is -1.44. The maximum Gasteiger partial charge on any atom is 0.410 e. The predicted molar refractivity (Wildman–Crippen MR) is 165 cm³/mol. The van der Waals surface area contributed by atoms with Crippen molar-refractivity contribution in [2.24, 2.45) is 5.92 Å². The summed E-state index contributed by atoms with van der Waals surface area (Å²) in [6.45, 7) is 10.3. The van der Waals surface area contributed by atoms with Crippen LogP contribution < -0.4 is 0 Å². The second-order valence-electron chi connectivity index (χ2n) is 12.7. The molecule has 2 fully saturated rings. The fourth-order valence-electron chi connectivity index (χ4n) is 5.87. The minimum absolute atomic E-state index is 0.107. The van der Waals surface area contributed by atoms with Gasteiger partial charge in [-0.1, -0.05) is 50.6 Å². The SMILES string of the molecule is C/C(=C\C=C\[C@H](C)c1ccccn1)[C@H]1OC(=O)C[C@@H](O)CC[C@](C)(O)[C@H](OC(=O)N2CCN(C3CCC3)CC2)/C=C/[C@@H]1C. The first-order valence-corrected chi connectivity index (χ1v) is 15.8. The van der Waals surface area contributed by atoms with Gasteiger partial charge >= 0.3 is 12.1 Å². The Balaban J connectivity index is 1.48. The fraction of sp³-hybridized carbons (Fsp3) is 0.618. The van der Waals surface area contributed by atoms with Crippen LogP contribution in [0.5, 0.6) is 0 Å². The number of pyridine rings is 1. The number of hydrogen-bond donors (Lipinski definition) is 2. The van der Waals surface area contributed by atoms with Crippen molar-refractivity contribution in [2.75, 3.05) is 26.2 Å². The Morgan fingerprint density at radius 3 is 2.58 bits per heavy atom. The standard InChI is InChI=1S/C34H49N3O6/c1-24(29-13-5-6-18-35-29)9-7-10-25(2)32-26(3)14-15-30(34(4,41)17-16-28(38)23-31(39)43-32)42-33(40)37-21-19-36(20-22-37)27-11-8-12-27/h5-7,9-10,13-15,18,24,26-28,30,32,38,41H,8,11-12,16-17,19-23H2,1-4H3/b9-7+,15-14+,25-10+/t24-,26-,28-,30+,32+,34-/m0/s1. The van der Waals surface area contributed by atoms with Crippen molar-refractivity contribution < 1.29 is 29.3 Å². The van der Waals surface area contributed by atoms with E-state index in [9.17, 15) is 19.8 Å². The van der Waals surface area contributed by atoms with Gasteiger partial charge in [0.2, 0.25) is 0 Å². The van der Waals surface area contributed by atoms with E-state index in [4.69, 9.17) is 9.47 Å². The molecule has 1 saturated carbocycles. The summed E-state index contributed by atoms with van der Waals surface area (Å²) in [5.41, 5.74) is 0.348. The molecule has 2 aliphatic heterocycles. The third kappa shape index (κ3) is 9.24. The van der Waals surface area contributed by atoms with E-state index in [2.05, 4.69) is 16.8 Å². The third-order valence-corrected chi connectivity index (χ3v) is 9.08. The highest BCUT2D eigenvalue weighted by atomic mass is 16.6. The Bertz CT molecular complexity index is 1150. The lowest BCUT2D eigenvalue weighted by atomic mass is 9.88. The molecule has 0 aromatic carbocycles. The van der Waals surface area contributed by atoms with E-state index in [1.165, 1.54) is 19.3 Å². The van der Waals surface area contributed by atoms with Crippen molar-refractivity contribution in [3.8, 4) is 0 Å². The van der Waals surface area contributed by atoms with Crippen LogP contribution in [0, 0.1) is 5.92 Å². The summed E-state index contributed by atoms with van der Waals surface area (Å²) >= 11 is 0. The number of carbonyl (C=O) groups excluding carboxylic acids is 2. The quantitative estimate of drug-likeness (QED) is 0.275. The number of hydrogen-bond acceptors (Lipinski definition) is 8. The Hall–Kier alpha value is -3.01. The van der Waals surface area contributed by atoms with Crippen molar-refractivity contribution in [1.29, 1.82) is 0 Å². The van der Waals surface area contributed by atoms with Crippen LogP contribution >= 0.6 is 0 Å². The Morgan fingerprint density at radius 2 is 1.93 bits per heavy atom. The number of ether oxygens (including phenoxy) is 2. The van der Waals surface area contributed by atoms with E-state index >= 15 is 0 Å². The number of piperazine rings is 1. The number of nitrogens with zero attached hydrogens (tertiary/aromatic N) is 3. The number of cyclic esters (lactones) is 1. The second kappa shape index (κ2) is 15.1. The van der Waals surface area contributed by atoms with Gasteiger partial charge in [0, 0.05) is 55.9 Å². The van der Waals surface area contributed by atoms with Crippen molar-refractivity contribution in [1.82, 2.24) is 14.8 Å². The number of aliphatic hydroxyl groups is 2. The van der Waals surface area contributed by atoms with Crippen LogP contribution in [-0.2, 0) is 14.3 Å². The molecule has 9 heteroatoms. The van der Waals surface area contributed by atoms with Gasteiger partial charge in [-0.05, 0) is 63.3 Å². The van der Waals surface area contributed by atoms with Crippen molar-refractivity contribution in [3.63, 3.8) is 0 Å². The largest absolute Gasteiger partial charge is 0.457 e. The molecule has 236 valence electrons. The Morgan fingerprint density at radius 1 is 1.19 bits per heavy atom. The molecule has 0 bridgehead atoms. The molecule has 6 atom stereocenters. The summed E-state index contributed by atoms with van der Waals surface area (Å²) in [6.07, 6.45) is 12.1. The molecule has 0 unspecified atom stereocenters. The highest BCUT2D eigenvalue weighted by molar-refractivity contribution is 5.70. The van der Waals surface area contributed by atoms with Gasteiger partial charge in [0.1, 0.15) is 11.7 Å². The molecular formula is C34H49N3O6. The molecule has 0 spiro atoms. The highest BCUT2D eigenvalue weighted by Gasteiger charge is 2.37. The van der Waals surface area contributed by atoms with Crippen LogP contribution in [0.4, 0.5) is 4.79 Å². The van der Waals surface area contributed by atoms with E-state index in [0.29, 0.717) is 19.1 Å². The van der Waals surface area contributed by atoms with Crippen molar-refractivity contribution in [2.45, 2.75) is 102 Å². The molecule has 2 N–H and O–H groups in total. The number of allylic oxidation sites excluding steroid dienone is 3. The van der Waals surface area contributed by atoms with E-state index in [-0.39, 0.29) is 31.1 Å². The third-order valence-electron chi connectivity index (χ3n) is 9.08. The van der Waals surface area contributed by atoms with Gasteiger partial charge in [0.15, 0.2) is 6.10 Å². The monoisotopic (exact) mass is 595 g/mol. The topological polar surface area (TPSA) is 112 Å². The summed E-state index contributed by atoms with van der Waals surface area (Å²) in [6, 6.07) is 6.46. The fourth-order valence-corrected chi connectivity index (χ4v) is 5.87. The van der Waals surface area contributed by atoms with Gasteiger partial charge in [0.25, 0.3) is 0 Å². The minimum Gasteiger partial charge on any atom is -0.457 e. The lowest BCUT2D eigenvalue weighted by Crippen LogP contribution is -2.54. The summed E-state index contributed by atoms with van der Waals surface area (Å²) in [7, 11) is 0. The predicted octanol–water partition coefficient (Wildman–Crippen LogP) is 4.76. The molecule has 1 aromatic rings. The van der Waals surface area contributed by atoms with Crippen molar-refractivity contribution >= 4 is 12.1 Å². The van der Waals surface area contributed by atoms with E-state index < -0.39 is 36.0 Å². The number of carbonyl (C=O) groups is 2. The normalized spacial score (nSPS) is 31.8. The summed E-state index contributed by atoms with van der Waals surface area (Å²) in [5.74, 6) is -0.683. The van der Waals surface area contributed by atoms with Crippen LogP contribution in [0.25, 0.3) is 0 Å². The van der Waals surface area contributed by atoms with Crippen LogP contribution in [0.2, 0.25) is 0 Å². The zero-order valence-electron chi connectivity index (χ0n) is 26.1. The first kappa shape index (κ1) is 32.9. The lowest BCUT2D eigenvalue weighted by Gasteiger charge is -2.43. The zero-order chi connectivity index (χ0) is 31.0. The average molecular weight is 596 g/mol. The Labute approximate surface area is 256 Å². The van der Waals surface area contributed by atoms with Gasteiger partial charge in [-0.2, -0.15) is 0 Å². The van der Waals surface area contributed by atoms with Crippen LogP contribution in [-0.4, -0.2) is 93.2 Å². The van der Waals surface area contributed by atoms with E-state index in [1.807, 2.05) is 56.4 Å². The average Bonchev–Trinajstić information content (AvgIpc) is 2.96. The number of esters is 1. The van der Waals surface area contributed by atoms with E-state index in [0.717, 1.165) is 24.4 Å². The molecule has 3 heterocycles. The summed E-state index contributed by atoms with van der Waals surface area (Å²) < 4.78 is 11.8. The first-order valence-electron chi connectivity index (χ1n) is 15.8. The molecule has 9 nitrogen and oxygen atoms in total. The highest BCUT2D eigenvalue weighted by Crippen LogP contribution is 2.29. The summed E-state index contributed by atoms with van der Waals surface area (Å²) in [4.78, 5) is 34.6. The smallest absolute Gasteiger partial charge is 0.410 e. The number of aliphatic hydroxyl groups excluding tert-OH is 1. The van der Waals surface area contributed by atoms with Gasteiger partial charge in [0.05, 0.1) is 12.5 Å². The number of amides is 1. The molecule has 1 aromatic heterocycles. The van der Waals surface area contributed by atoms with Gasteiger partial charge in [-0.3, -0.25) is 14.7 Å². The molecule has 43 heavy (non-hydrogen) atoms. The number of rotatable bonds is 6. The van der Waals surface area contributed by atoms with Crippen LogP contribution in [0.1, 0.15) is 77.8 Å². The first-order chi connectivity index (χ1) is 20.5. The van der Waals surface area contributed by atoms with Gasteiger partial charge in [-0.15, -0.1) is 0 Å². The molecule has 4 rings (SSSR count). The molecular weight excluding hydrogens is 546 g/mol. The zero-order valence-corrected chi connectivity index (χ0v) is 26.1. The molecule has 0 radical (unpaired) electrons. The van der Waals surface area contributed by atoms with Crippen LogP contribution in [0.15, 0.2) is 60.3 Å². The molecule has 1 amide bonds. The maximum atomic E-state index is 13.2. The van der Waals surface area contributed by atoms with Gasteiger partial charge < -0.3 is 24.6 Å².